The molecule has 2 aromatic carbocycles. The molecule has 0 saturated heterocycles. The molecule has 0 spiro atoms. The van der Waals surface area contributed by atoms with E-state index in [-0.39, 0.29) is 17.0 Å². The number of aryl methyl sites for hydroxylation is 2. The Morgan fingerprint density at radius 1 is 1.21 bits per heavy atom. The van der Waals surface area contributed by atoms with Gasteiger partial charge in [0.15, 0.2) is 0 Å². The summed E-state index contributed by atoms with van der Waals surface area (Å²) in [4.78, 5) is 0. The van der Waals surface area contributed by atoms with E-state index >= 15 is 0 Å². The van der Waals surface area contributed by atoms with Crippen LogP contribution < -0.4 is 10.5 Å². The van der Waals surface area contributed by atoms with Crippen LogP contribution >= 0.6 is 0 Å². The Morgan fingerprint density at radius 3 is 2.42 bits per heavy atom. The third-order valence-corrected chi connectivity index (χ3v) is 2.84. The Morgan fingerprint density at radius 2 is 1.84 bits per heavy atom. The van der Waals surface area contributed by atoms with Gasteiger partial charge in [0.25, 0.3) is 0 Å². The summed E-state index contributed by atoms with van der Waals surface area (Å²) in [5.74, 6) is 0.300. The molecule has 2 N–H and O–H groups in total. The van der Waals surface area contributed by atoms with Gasteiger partial charge in [-0.3, -0.25) is 0 Å². The van der Waals surface area contributed by atoms with E-state index in [9.17, 15) is 4.39 Å². The van der Waals surface area contributed by atoms with Crippen LogP contribution in [0.4, 0.5) is 10.1 Å². The fraction of sp³-hybridized carbons (Fsp3) is 0.133. The number of hydrogen-bond donors (Lipinski definition) is 1. The highest BCUT2D eigenvalue weighted by Crippen LogP contribution is 2.32. The summed E-state index contributed by atoms with van der Waals surface area (Å²) in [6.45, 7) is 3.81. The number of benzene rings is 2. The predicted octanol–water partition coefficient (Wildman–Crippen LogP) is 3.69. The summed E-state index contributed by atoms with van der Waals surface area (Å²) in [5.41, 5.74) is 7.46. The fourth-order valence-corrected chi connectivity index (χ4v) is 1.81. The smallest absolute Gasteiger partial charge is 0.147 e. The zero-order valence-corrected chi connectivity index (χ0v) is 10.7. The van der Waals surface area contributed by atoms with Crippen molar-refractivity contribution in [2.24, 2.45) is 0 Å². The molecular formula is C15H13FN2O. The van der Waals surface area contributed by atoms with Crippen molar-refractivity contribution in [1.29, 1.82) is 5.26 Å². The normalized spacial score (nSPS) is 10.0. The van der Waals surface area contributed by atoms with Gasteiger partial charge in [-0.2, -0.15) is 5.26 Å². The molecule has 0 radical (unpaired) electrons. The Balaban J connectivity index is 2.50. The van der Waals surface area contributed by atoms with Gasteiger partial charge in [-0.15, -0.1) is 0 Å². The first kappa shape index (κ1) is 12.9. The molecule has 0 heterocycles. The molecule has 0 saturated carbocycles. The van der Waals surface area contributed by atoms with E-state index in [1.165, 1.54) is 6.07 Å². The predicted molar refractivity (Wildman–Crippen MR) is 71.5 cm³/mol. The Hall–Kier alpha value is -2.54. The highest BCUT2D eigenvalue weighted by Gasteiger charge is 2.12. The number of halogens is 1. The summed E-state index contributed by atoms with van der Waals surface area (Å²) < 4.78 is 19.0. The van der Waals surface area contributed by atoms with Gasteiger partial charge in [0.05, 0.1) is 11.3 Å². The van der Waals surface area contributed by atoms with Crippen molar-refractivity contribution in [2.75, 3.05) is 5.73 Å². The van der Waals surface area contributed by atoms with Gasteiger partial charge in [0, 0.05) is 6.07 Å². The first-order valence-corrected chi connectivity index (χ1v) is 5.76. The molecule has 0 aliphatic carbocycles. The van der Waals surface area contributed by atoms with Crippen molar-refractivity contribution in [3.05, 3.63) is 52.8 Å². The second-order valence-electron chi connectivity index (χ2n) is 4.30. The standard InChI is InChI=1S/C15H13FN2O/c1-9-4-3-5-10(2)15(9)19-14-7-13(18)12(16)6-11(14)8-17/h3-7H,18H2,1-2H3. The molecule has 0 aliphatic heterocycles. The number of para-hydroxylation sites is 1. The van der Waals surface area contributed by atoms with E-state index in [0.29, 0.717) is 5.75 Å². The van der Waals surface area contributed by atoms with Crippen molar-refractivity contribution in [3.63, 3.8) is 0 Å². The molecule has 96 valence electrons. The van der Waals surface area contributed by atoms with Crippen molar-refractivity contribution in [1.82, 2.24) is 0 Å². The SMILES string of the molecule is Cc1cccc(C)c1Oc1cc(N)c(F)cc1C#N. The topological polar surface area (TPSA) is 59.0 Å². The van der Waals surface area contributed by atoms with Crippen LogP contribution in [0.1, 0.15) is 16.7 Å². The highest BCUT2D eigenvalue weighted by molar-refractivity contribution is 5.56. The second kappa shape index (κ2) is 4.99. The van der Waals surface area contributed by atoms with E-state index in [1.54, 1.807) is 0 Å². The lowest BCUT2D eigenvalue weighted by Gasteiger charge is -2.13. The van der Waals surface area contributed by atoms with Crippen molar-refractivity contribution in [3.8, 4) is 17.6 Å². The van der Waals surface area contributed by atoms with Gasteiger partial charge in [-0.25, -0.2) is 4.39 Å². The Bertz CT molecular complexity index is 654. The van der Waals surface area contributed by atoms with Crippen LogP contribution in [0.3, 0.4) is 0 Å². The minimum atomic E-state index is -0.620. The van der Waals surface area contributed by atoms with Crippen LogP contribution in [0.15, 0.2) is 30.3 Å². The van der Waals surface area contributed by atoms with Crippen LogP contribution in [-0.2, 0) is 0 Å². The monoisotopic (exact) mass is 256 g/mol. The van der Waals surface area contributed by atoms with Crippen LogP contribution in [0.2, 0.25) is 0 Å². The fourth-order valence-electron chi connectivity index (χ4n) is 1.81. The second-order valence-corrected chi connectivity index (χ2v) is 4.30. The number of hydrogen-bond acceptors (Lipinski definition) is 3. The van der Waals surface area contributed by atoms with Crippen LogP contribution in [-0.4, -0.2) is 0 Å². The summed E-state index contributed by atoms with van der Waals surface area (Å²) in [5, 5.41) is 9.01. The number of nitrogens with two attached hydrogens (primary N) is 1. The lowest BCUT2D eigenvalue weighted by molar-refractivity contribution is 0.472. The third kappa shape index (κ3) is 2.50. The van der Waals surface area contributed by atoms with E-state index in [0.717, 1.165) is 17.2 Å². The van der Waals surface area contributed by atoms with E-state index in [2.05, 4.69) is 0 Å². The Labute approximate surface area is 111 Å². The van der Waals surface area contributed by atoms with E-state index < -0.39 is 5.82 Å². The van der Waals surface area contributed by atoms with Crippen molar-refractivity contribution >= 4 is 5.69 Å². The largest absolute Gasteiger partial charge is 0.455 e. The molecule has 0 unspecified atom stereocenters. The molecule has 2 aromatic rings. The van der Waals surface area contributed by atoms with Crippen molar-refractivity contribution < 1.29 is 9.13 Å². The lowest BCUT2D eigenvalue weighted by atomic mass is 10.1. The lowest BCUT2D eigenvalue weighted by Crippen LogP contribution is -1.97. The van der Waals surface area contributed by atoms with E-state index in [4.69, 9.17) is 15.7 Å². The van der Waals surface area contributed by atoms with Crippen LogP contribution in [0, 0.1) is 31.0 Å². The number of anilines is 1. The molecule has 0 amide bonds. The van der Waals surface area contributed by atoms with Gasteiger partial charge >= 0.3 is 0 Å². The molecule has 0 aliphatic rings. The zero-order valence-electron chi connectivity index (χ0n) is 10.7. The third-order valence-electron chi connectivity index (χ3n) is 2.84. The Kier molecular flexibility index (Phi) is 3.39. The maximum atomic E-state index is 13.3. The molecule has 0 fully saturated rings. The van der Waals surface area contributed by atoms with Gasteiger partial charge < -0.3 is 10.5 Å². The van der Waals surface area contributed by atoms with Gasteiger partial charge in [0.2, 0.25) is 0 Å². The van der Waals surface area contributed by atoms with Gasteiger partial charge in [-0.1, -0.05) is 18.2 Å². The first-order valence-electron chi connectivity index (χ1n) is 5.76. The average Bonchev–Trinajstić information content (AvgIpc) is 2.37. The first-order chi connectivity index (χ1) is 9.02. The van der Waals surface area contributed by atoms with E-state index in [1.807, 2.05) is 38.1 Å². The number of nitrogen functional groups attached to an aromatic ring is 1. The summed E-state index contributed by atoms with van der Waals surface area (Å²) in [7, 11) is 0. The number of nitriles is 1. The molecule has 3 nitrogen and oxygen atoms in total. The number of ether oxygens (including phenoxy) is 1. The van der Waals surface area contributed by atoms with Gasteiger partial charge in [-0.05, 0) is 31.0 Å². The molecular weight excluding hydrogens is 243 g/mol. The molecule has 0 atom stereocenters. The van der Waals surface area contributed by atoms with Gasteiger partial charge in [0.1, 0.15) is 23.4 Å². The number of nitrogens with zero attached hydrogens (tertiary/aromatic N) is 1. The molecule has 2 rings (SSSR count). The van der Waals surface area contributed by atoms with Crippen LogP contribution in [0.25, 0.3) is 0 Å². The molecule has 19 heavy (non-hydrogen) atoms. The minimum absolute atomic E-state index is 0.0414. The maximum absolute atomic E-state index is 13.3. The quantitative estimate of drug-likeness (QED) is 0.833. The molecule has 0 aromatic heterocycles. The average molecular weight is 256 g/mol. The molecule has 4 heteroatoms. The summed E-state index contributed by atoms with van der Waals surface area (Å²) in [6.07, 6.45) is 0. The van der Waals surface area contributed by atoms with Crippen LogP contribution in [0.5, 0.6) is 11.5 Å². The van der Waals surface area contributed by atoms with Crippen molar-refractivity contribution in [2.45, 2.75) is 13.8 Å². The minimum Gasteiger partial charge on any atom is -0.455 e. The number of rotatable bonds is 2. The zero-order chi connectivity index (χ0) is 14.0. The summed E-state index contributed by atoms with van der Waals surface area (Å²) in [6, 6.07) is 10.0. The molecule has 0 bridgehead atoms. The summed E-state index contributed by atoms with van der Waals surface area (Å²) >= 11 is 0. The highest BCUT2D eigenvalue weighted by atomic mass is 19.1. The maximum Gasteiger partial charge on any atom is 0.147 e.